The van der Waals surface area contributed by atoms with E-state index in [4.69, 9.17) is 0 Å². The first-order valence-corrected chi connectivity index (χ1v) is 8.12. The minimum Gasteiger partial charge on any atom is -0.316 e. The molecule has 0 aromatic rings. The minimum atomic E-state index is -2.77. The molecular formula is C12H25NO2S. The van der Waals surface area contributed by atoms with Gasteiger partial charge in [-0.15, -0.1) is 0 Å². The van der Waals surface area contributed by atoms with E-state index in [1.54, 1.807) is 6.92 Å². The average Bonchev–Trinajstić information content (AvgIpc) is 2.13. The molecule has 3 nitrogen and oxygen atoms in total. The molecule has 0 aromatic heterocycles. The summed E-state index contributed by atoms with van der Waals surface area (Å²) in [5.41, 5.74) is 0.386. The van der Waals surface area contributed by atoms with Gasteiger partial charge in [-0.05, 0) is 30.6 Å². The summed E-state index contributed by atoms with van der Waals surface area (Å²) in [5, 5.41) is 3.32. The highest BCUT2D eigenvalue weighted by molar-refractivity contribution is 7.91. The van der Waals surface area contributed by atoms with Gasteiger partial charge >= 0.3 is 0 Å². The lowest BCUT2D eigenvalue weighted by Crippen LogP contribution is -2.54. The molecular weight excluding hydrogens is 222 g/mol. The fraction of sp³-hybridized carbons (Fsp3) is 1.00. The van der Waals surface area contributed by atoms with Crippen LogP contribution in [-0.2, 0) is 9.84 Å². The van der Waals surface area contributed by atoms with Gasteiger partial charge in [-0.25, -0.2) is 8.42 Å². The smallest absolute Gasteiger partial charge is 0.150 e. The van der Waals surface area contributed by atoms with Gasteiger partial charge in [-0.3, -0.25) is 0 Å². The van der Waals surface area contributed by atoms with E-state index in [-0.39, 0.29) is 5.75 Å². The van der Waals surface area contributed by atoms with Gasteiger partial charge in [0.25, 0.3) is 0 Å². The maximum Gasteiger partial charge on any atom is 0.150 e. The molecule has 0 spiro atoms. The van der Waals surface area contributed by atoms with E-state index in [1.807, 2.05) is 0 Å². The molecule has 96 valence electrons. The first-order valence-electron chi connectivity index (χ1n) is 6.30. The van der Waals surface area contributed by atoms with Crippen molar-refractivity contribution in [1.29, 1.82) is 0 Å². The molecule has 0 amide bonds. The molecule has 0 aromatic carbocycles. The monoisotopic (exact) mass is 247 g/mol. The van der Waals surface area contributed by atoms with Crippen LogP contribution < -0.4 is 5.32 Å². The summed E-state index contributed by atoms with van der Waals surface area (Å²) >= 11 is 0. The molecule has 1 N–H and O–H groups in total. The number of rotatable bonds is 7. The second-order valence-electron chi connectivity index (χ2n) is 5.54. The Morgan fingerprint density at radius 1 is 1.31 bits per heavy atom. The maximum absolute atomic E-state index is 11.4. The Morgan fingerprint density at radius 3 is 2.31 bits per heavy atom. The second kappa shape index (κ2) is 5.50. The van der Waals surface area contributed by atoms with Gasteiger partial charge in [0.05, 0.1) is 5.75 Å². The Bertz CT molecular complexity index is 305. The van der Waals surface area contributed by atoms with Crippen molar-refractivity contribution in [3.63, 3.8) is 0 Å². The van der Waals surface area contributed by atoms with Crippen molar-refractivity contribution < 1.29 is 8.42 Å². The van der Waals surface area contributed by atoms with Crippen molar-refractivity contribution in [3.8, 4) is 0 Å². The van der Waals surface area contributed by atoms with E-state index in [0.717, 1.165) is 25.9 Å². The van der Waals surface area contributed by atoms with Crippen LogP contribution in [0.1, 0.15) is 40.0 Å². The molecule has 1 fully saturated rings. The fourth-order valence-electron chi connectivity index (χ4n) is 2.58. The Morgan fingerprint density at radius 2 is 1.94 bits per heavy atom. The van der Waals surface area contributed by atoms with Crippen LogP contribution in [0.4, 0.5) is 0 Å². The molecule has 1 rings (SSSR count). The third kappa shape index (κ3) is 4.06. The summed E-state index contributed by atoms with van der Waals surface area (Å²) in [5.74, 6) is 1.34. The van der Waals surface area contributed by atoms with Crippen molar-refractivity contribution in [2.45, 2.75) is 40.0 Å². The lowest BCUT2D eigenvalue weighted by molar-refractivity contribution is 0.117. The van der Waals surface area contributed by atoms with E-state index < -0.39 is 9.84 Å². The molecule has 1 heterocycles. The van der Waals surface area contributed by atoms with Gasteiger partial charge in [0.1, 0.15) is 9.84 Å². The molecule has 1 saturated heterocycles. The van der Waals surface area contributed by atoms with Crippen LogP contribution >= 0.6 is 0 Å². The average molecular weight is 247 g/mol. The molecule has 0 unspecified atom stereocenters. The predicted molar refractivity (Wildman–Crippen MR) is 68.3 cm³/mol. The van der Waals surface area contributed by atoms with E-state index in [0.29, 0.717) is 17.1 Å². The van der Waals surface area contributed by atoms with Crippen LogP contribution in [0.5, 0.6) is 0 Å². The molecule has 0 bridgehead atoms. The van der Waals surface area contributed by atoms with Crippen LogP contribution in [-0.4, -0.2) is 33.0 Å². The molecule has 1 aliphatic heterocycles. The zero-order valence-corrected chi connectivity index (χ0v) is 11.6. The van der Waals surface area contributed by atoms with Crippen molar-refractivity contribution in [3.05, 3.63) is 0 Å². The third-order valence-electron chi connectivity index (χ3n) is 3.44. The highest BCUT2D eigenvalue weighted by atomic mass is 32.2. The van der Waals surface area contributed by atoms with E-state index in [2.05, 4.69) is 19.2 Å². The Labute approximate surface area is 99.9 Å². The normalized spacial score (nSPS) is 19.8. The van der Waals surface area contributed by atoms with Gasteiger partial charge < -0.3 is 5.32 Å². The summed E-state index contributed by atoms with van der Waals surface area (Å²) < 4.78 is 22.8. The highest BCUT2D eigenvalue weighted by Crippen LogP contribution is 2.35. The summed E-state index contributed by atoms with van der Waals surface area (Å²) in [6, 6.07) is 0. The molecule has 1 aliphatic rings. The Kier molecular flexibility index (Phi) is 4.80. The first kappa shape index (κ1) is 14.0. The predicted octanol–water partition coefficient (Wildman–Crippen LogP) is 1.84. The maximum atomic E-state index is 11.4. The Hall–Kier alpha value is -0.0900. The lowest BCUT2D eigenvalue weighted by atomic mass is 9.72. The Balaban J connectivity index is 2.35. The van der Waals surface area contributed by atoms with Crippen molar-refractivity contribution in [2.24, 2.45) is 11.3 Å². The summed E-state index contributed by atoms with van der Waals surface area (Å²) in [4.78, 5) is 0. The van der Waals surface area contributed by atoms with Crippen LogP contribution in [0.3, 0.4) is 0 Å². The van der Waals surface area contributed by atoms with Crippen molar-refractivity contribution in [2.75, 3.05) is 24.6 Å². The standard InChI is InChI=1S/C12H25NO2S/c1-4-16(14,15)7-5-6-12(8-11(2)3)9-13-10-12/h11,13H,4-10H2,1-3H3. The van der Waals surface area contributed by atoms with Crippen LogP contribution in [0.15, 0.2) is 0 Å². The van der Waals surface area contributed by atoms with Crippen LogP contribution in [0.25, 0.3) is 0 Å². The number of hydrogen-bond donors (Lipinski definition) is 1. The third-order valence-corrected chi connectivity index (χ3v) is 5.23. The lowest BCUT2D eigenvalue weighted by Gasteiger charge is -2.44. The fourth-order valence-corrected chi connectivity index (χ4v) is 3.45. The SMILES string of the molecule is CCS(=O)(=O)CCCC1(CC(C)C)CNC1. The van der Waals surface area contributed by atoms with Gasteiger partial charge in [0.2, 0.25) is 0 Å². The second-order valence-corrected chi connectivity index (χ2v) is 8.01. The molecule has 0 atom stereocenters. The van der Waals surface area contributed by atoms with E-state index in [9.17, 15) is 8.42 Å². The van der Waals surface area contributed by atoms with E-state index in [1.165, 1.54) is 6.42 Å². The van der Waals surface area contributed by atoms with Gasteiger partial charge in [-0.2, -0.15) is 0 Å². The largest absolute Gasteiger partial charge is 0.316 e. The van der Waals surface area contributed by atoms with Crippen molar-refractivity contribution in [1.82, 2.24) is 5.32 Å². The summed E-state index contributed by atoms with van der Waals surface area (Å²) in [6.45, 7) is 8.34. The van der Waals surface area contributed by atoms with Gasteiger partial charge in [-0.1, -0.05) is 20.8 Å². The first-order chi connectivity index (χ1) is 7.39. The van der Waals surface area contributed by atoms with Gasteiger partial charge in [0, 0.05) is 18.8 Å². The van der Waals surface area contributed by atoms with Crippen LogP contribution in [0, 0.1) is 11.3 Å². The zero-order chi connectivity index (χ0) is 12.2. The quantitative estimate of drug-likeness (QED) is 0.746. The molecule has 0 saturated carbocycles. The molecule has 0 radical (unpaired) electrons. The number of hydrogen-bond acceptors (Lipinski definition) is 3. The van der Waals surface area contributed by atoms with Crippen molar-refractivity contribution >= 4 is 9.84 Å². The number of nitrogens with one attached hydrogen (secondary N) is 1. The summed E-state index contributed by atoms with van der Waals surface area (Å²) in [7, 11) is -2.77. The molecule has 0 aliphatic carbocycles. The topological polar surface area (TPSA) is 46.2 Å². The number of sulfone groups is 1. The molecule has 4 heteroatoms. The summed E-state index contributed by atoms with van der Waals surface area (Å²) in [6.07, 6.45) is 3.09. The van der Waals surface area contributed by atoms with Crippen LogP contribution in [0.2, 0.25) is 0 Å². The van der Waals surface area contributed by atoms with Gasteiger partial charge in [0.15, 0.2) is 0 Å². The molecule has 16 heavy (non-hydrogen) atoms. The highest BCUT2D eigenvalue weighted by Gasteiger charge is 2.36. The minimum absolute atomic E-state index is 0.280. The zero-order valence-electron chi connectivity index (χ0n) is 10.8. The van der Waals surface area contributed by atoms with E-state index >= 15 is 0 Å².